The predicted octanol–water partition coefficient (Wildman–Crippen LogP) is 4.07. The minimum atomic E-state index is -0.974. The van der Waals surface area contributed by atoms with E-state index in [1.807, 2.05) is 13.8 Å². The molecule has 0 unspecified atom stereocenters. The molecule has 0 atom stereocenters. The van der Waals surface area contributed by atoms with Gasteiger partial charge in [-0.25, -0.2) is 0 Å². The molecule has 1 aromatic rings. The van der Waals surface area contributed by atoms with Crippen LogP contribution in [0, 0.1) is 0 Å². The van der Waals surface area contributed by atoms with Crippen molar-refractivity contribution in [2.45, 2.75) is 50.9 Å². The van der Waals surface area contributed by atoms with Crippen LogP contribution >= 0.6 is 11.6 Å². The maximum Gasteiger partial charge on any atom is 0.314 e. The van der Waals surface area contributed by atoms with E-state index in [-0.39, 0.29) is 11.7 Å². The van der Waals surface area contributed by atoms with E-state index in [1.54, 1.807) is 12.1 Å². The van der Waals surface area contributed by atoms with Crippen LogP contribution in [0.15, 0.2) is 12.1 Å². The number of benzene rings is 1. The average Bonchev–Trinajstić information content (AvgIpc) is 2.81. The van der Waals surface area contributed by atoms with Crippen LogP contribution in [0.1, 0.15) is 56.6 Å². The van der Waals surface area contributed by atoms with Gasteiger partial charge in [-0.1, -0.05) is 38.3 Å². The zero-order valence-corrected chi connectivity index (χ0v) is 12.0. The lowest BCUT2D eigenvalue weighted by molar-refractivity contribution is -0.143. The summed E-state index contributed by atoms with van der Waals surface area (Å²) in [6.07, 6.45) is 2.87. The molecule has 0 aromatic heterocycles. The van der Waals surface area contributed by atoms with Gasteiger partial charge in [-0.3, -0.25) is 4.79 Å². The Labute approximate surface area is 118 Å². The number of hydrogen-bond donors (Lipinski definition) is 2. The van der Waals surface area contributed by atoms with Gasteiger partial charge in [-0.05, 0) is 36.5 Å². The first-order valence-corrected chi connectivity index (χ1v) is 7.02. The first kappa shape index (κ1) is 14.2. The number of aromatic hydroxyl groups is 1. The highest BCUT2D eigenvalue weighted by Gasteiger charge is 2.45. The molecule has 0 radical (unpaired) electrons. The smallest absolute Gasteiger partial charge is 0.314 e. The molecule has 2 N–H and O–H groups in total. The molecule has 0 heterocycles. The molecule has 2 rings (SSSR count). The van der Waals surface area contributed by atoms with Gasteiger partial charge in [0, 0.05) is 10.6 Å². The van der Waals surface area contributed by atoms with E-state index >= 15 is 0 Å². The van der Waals surface area contributed by atoms with Crippen molar-refractivity contribution < 1.29 is 15.0 Å². The molecule has 4 heteroatoms. The second-order valence-corrected chi connectivity index (χ2v) is 6.08. The number of phenolic OH excluding ortho intramolecular Hbond substituents is 1. The number of phenols is 1. The number of carboxylic acid groups (broad SMARTS) is 1. The third-order valence-electron chi connectivity index (χ3n) is 4.11. The van der Waals surface area contributed by atoms with Crippen molar-refractivity contribution in [3.63, 3.8) is 0 Å². The molecule has 0 amide bonds. The Hall–Kier alpha value is -1.22. The summed E-state index contributed by atoms with van der Waals surface area (Å²) in [5, 5.41) is 20.5. The van der Waals surface area contributed by atoms with E-state index in [4.69, 9.17) is 11.6 Å². The van der Waals surface area contributed by atoms with E-state index in [1.165, 1.54) is 0 Å². The minimum Gasteiger partial charge on any atom is -0.507 e. The number of carbonyl (C=O) groups is 1. The van der Waals surface area contributed by atoms with Crippen molar-refractivity contribution in [3.8, 4) is 5.75 Å². The monoisotopic (exact) mass is 282 g/mol. The lowest BCUT2D eigenvalue weighted by Gasteiger charge is -2.27. The summed E-state index contributed by atoms with van der Waals surface area (Å²) < 4.78 is 0. The topological polar surface area (TPSA) is 57.5 Å². The Morgan fingerprint density at radius 1 is 1.32 bits per heavy atom. The first-order valence-electron chi connectivity index (χ1n) is 6.65. The highest BCUT2D eigenvalue weighted by atomic mass is 35.5. The second-order valence-electron chi connectivity index (χ2n) is 5.64. The Morgan fingerprint density at radius 2 is 1.89 bits per heavy atom. The van der Waals surface area contributed by atoms with E-state index in [2.05, 4.69) is 0 Å². The molecule has 19 heavy (non-hydrogen) atoms. The molecule has 1 aliphatic carbocycles. The minimum absolute atomic E-state index is 0.101. The average molecular weight is 283 g/mol. The third-order valence-corrected chi connectivity index (χ3v) is 4.33. The van der Waals surface area contributed by atoms with E-state index in [0.29, 0.717) is 23.4 Å². The molecule has 0 aliphatic heterocycles. The zero-order chi connectivity index (χ0) is 14.2. The van der Waals surface area contributed by atoms with Crippen LogP contribution in [-0.4, -0.2) is 16.2 Å². The summed E-state index contributed by atoms with van der Waals surface area (Å²) in [5.41, 5.74) is 0.224. The number of hydrogen-bond acceptors (Lipinski definition) is 2. The molecular formula is C15H19ClO3. The predicted molar refractivity (Wildman–Crippen MR) is 75.0 cm³/mol. The van der Waals surface area contributed by atoms with Crippen molar-refractivity contribution >= 4 is 17.6 Å². The largest absolute Gasteiger partial charge is 0.507 e. The Kier molecular flexibility index (Phi) is 3.77. The summed E-state index contributed by atoms with van der Waals surface area (Å²) in [6, 6.07) is 3.33. The fourth-order valence-corrected chi connectivity index (χ4v) is 3.23. The molecule has 0 spiro atoms. The van der Waals surface area contributed by atoms with Crippen LogP contribution in [0.2, 0.25) is 5.02 Å². The molecule has 1 saturated carbocycles. The standard InChI is InChI=1S/C15H19ClO3/c1-9(2)11-7-10(16)8-12(13(11)17)15(14(18)19)5-3-4-6-15/h7-9,17H,3-6H2,1-2H3,(H,18,19). The number of aliphatic carboxylic acids is 1. The van der Waals surface area contributed by atoms with Gasteiger partial charge in [0.2, 0.25) is 0 Å². The van der Waals surface area contributed by atoms with Crippen LogP contribution in [0.4, 0.5) is 0 Å². The normalized spacial score (nSPS) is 17.9. The Bertz CT molecular complexity index is 502. The highest BCUT2D eigenvalue weighted by Crippen LogP contribution is 2.47. The van der Waals surface area contributed by atoms with Crippen molar-refractivity contribution in [2.24, 2.45) is 0 Å². The van der Waals surface area contributed by atoms with Crippen LogP contribution in [0.25, 0.3) is 0 Å². The summed E-state index contributed by atoms with van der Waals surface area (Å²) in [7, 11) is 0. The first-order chi connectivity index (χ1) is 8.88. The third kappa shape index (κ3) is 2.32. The van der Waals surface area contributed by atoms with Gasteiger partial charge >= 0.3 is 5.97 Å². The van der Waals surface area contributed by atoms with Gasteiger partial charge in [0.25, 0.3) is 0 Å². The lowest BCUT2D eigenvalue weighted by atomic mass is 9.77. The number of halogens is 1. The number of rotatable bonds is 3. The van der Waals surface area contributed by atoms with Crippen molar-refractivity contribution in [3.05, 3.63) is 28.3 Å². The Morgan fingerprint density at radius 3 is 2.37 bits per heavy atom. The van der Waals surface area contributed by atoms with Crippen molar-refractivity contribution in [2.75, 3.05) is 0 Å². The summed E-state index contributed by atoms with van der Waals surface area (Å²) in [6.45, 7) is 3.91. The molecule has 0 saturated heterocycles. The van der Waals surface area contributed by atoms with Crippen molar-refractivity contribution in [1.82, 2.24) is 0 Å². The second kappa shape index (κ2) is 5.04. The van der Waals surface area contributed by atoms with Crippen LogP contribution in [0.3, 0.4) is 0 Å². The maximum atomic E-state index is 11.7. The molecule has 1 aromatic carbocycles. The Balaban J connectivity index is 2.64. The molecular weight excluding hydrogens is 264 g/mol. The van der Waals surface area contributed by atoms with Crippen LogP contribution in [0.5, 0.6) is 5.75 Å². The fraction of sp³-hybridized carbons (Fsp3) is 0.533. The van der Waals surface area contributed by atoms with E-state index < -0.39 is 11.4 Å². The number of carboxylic acids is 1. The molecule has 1 aliphatic rings. The van der Waals surface area contributed by atoms with Crippen LogP contribution in [-0.2, 0) is 10.2 Å². The SMILES string of the molecule is CC(C)c1cc(Cl)cc(C2(C(=O)O)CCCC2)c1O. The van der Waals surface area contributed by atoms with Gasteiger partial charge in [-0.2, -0.15) is 0 Å². The molecule has 104 valence electrons. The van der Waals surface area contributed by atoms with E-state index in [9.17, 15) is 15.0 Å². The van der Waals surface area contributed by atoms with Crippen molar-refractivity contribution in [1.29, 1.82) is 0 Å². The van der Waals surface area contributed by atoms with Gasteiger partial charge in [0.1, 0.15) is 5.75 Å². The zero-order valence-electron chi connectivity index (χ0n) is 11.2. The van der Waals surface area contributed by atoms with E-state index in [0.717, 1.165) is 18.4 Å². The molecule has 3 nitrogen and oxygen atoms in total. The fourth-order valence-electron chi connectivity index (χ4n) is 3.00. The van der Waals surface area contributed by atoms with Gasteiger partial charge < -0.3 is 10.2 Å². The van der Waals surface area contributed by atoms with Gasteiger partial charge in [0.15, 0.2) is 0 Å². The quantitative estimate of drug-likeness (QED) is 0.879. The van der Waals surface area contributed by atoms with Gasteiger partial charge in [-0.15, -0.1) is 0 Å². The molecule has 0 bridgehead atoms. The maximum absolute atomic E-state index is 11.7. The van der Waals surface area contributed by atoms with Gasteiger partial charge in [0.05, 0.1) is 5.41 Å². The summed E-state index contributed by atoms with van der Waals surface area (Å²) >= 11 is 6.11. The summed E-state index contributed by atoms with van der Waals surface area (Å²) in [5.74, 6) is -0.661. The lowest BCUT2D eigenvalue weighted by Crippen LogP contribution is -2.32. The highest BCUT2D eigenvalue weighted by molar-refractivity contribution is 6.30. The molecule has 1 fully saturated rings. The summed E-state index contributed by atoms with van der Waals surface area (Å²) in [4.78, 5) is 11.7. The van der Waals surface area contributed by atoms with Crippen LogP contribution < -0.4 is 0 Å².